The lowest BCUT2D eigenvalue weighted by atomic mass is 10.2. The number of hydrogen-bond acceptors (Lipinski definition) is 8. The van der Waals surface area contributed by atoms with E-state index in [1.807, 2.05) is 34.9 Å². The number of rotatable bonds is 3. The van der Waals surface area contributed by atoms with E-state index in [1.165, 1.54) is 0 Å². The molecule has 29 heavy (non-hydrogen) atoms. The molecule has 0 bridgehead atoms. The molecule has 0 radical (unpaired) electrons. The van der Waals surface area contributed by atoms with E-state index >= 15 is 0 Å². The Balaban J connectivity index is 1.78. The molecule has 1 amide bonds. The predicted octanol–water partition coefficient (Wildman–Crippen LogP) is 1.23. The molecule has 10 heteroatoms. The number of hydrogen-bond donors (Lipinski definition) is 2. The average Bonchev–Trinajstić information content (AvgIpc) is 3.45. The summed E-state index contributed by atoms with van der Waals surface area (Å²) in [5.74, 6) is 0.403. The van der Waals surface area contributed by atoms with Crippen molar-refractivity contribution in [1.82, 2.24) is 29.7 Å². The molecule has 5 rings (SSSR count). The maximum atomic E-state index is 13.3. The Morgan fingerprint density at radius 3 is 2.69 bits per heavy atom. The largest absolute Gasteiger partial charge is 0.379 e. The molecule has 1 fully saturated rings. The minimum absolute atomic E-state index is 0.0123. The third kappa shape index (κ3) is 2.81. The highest BCUT2D eigenvalue weighted by Gasteiger charge is 2.29. The fourth-order valence-corrected chi connectivity index (χ4v) is 3.67. The Hall–Kier alpha value is -3.79. The number of nitrogen functional groups attached to an aromatic ring is 1. The van der Waals surface area contributed by atoms with E-state index in [2.05, 4.69) is 20.3 Å². The molecule has 0 unspecified atom stereocenters. The Labute approximate surface area is 165 Å². The highest BCUT2D eigenvalue weighted by atomic mass is 16.6. The first-order valence-electron chi connectivity index (χ1n) is 9.18. The molecule has 1 atom stereocenters. The standard InChI is InChI=1S/C19H18N8O2/c20-11-6-7-26(10-11)19(28)13-8-22-9-14-16(13)27(12-4-2-1-3-5-12)18(23-14)15-17(21)25-29-24-15/h1-5,8-9,11H,6-7,10,20H2,(H2,21,25)/t11-/m0/s1. The number of para-hydroxylation sites is 1. The number of benzene rings is 1. The van der Waals surface area contributed by atoms with Crippen molar-refractivity contribution < 1.29 is 9.42 Å². The van der Waals surface area contributed by atoms with Gasteiger partial charge in [-0.15, -0.1) is 0 Å². The normalized spacial score (nSPS) is 16.6. The van der Waals surface area contributed by atoms with Crippen molar-refractivity contribution >= 4 is 22.8 Å². The Morgan fingerprint density at radius 2 is 2.00 bits per heavy atom. The monoisotopic (exact) mass is 390 g/mol. The van der Waals surface area contributed by atoms with E-state index in [9.17, 15) is 4.79 Å². The van der Waals surface area contributed by atoms with Gasteiger partial charge in [0.1, 0.15) is 5.52 Å². The Kier molecular flexibility index (Phi) is 3.98. The molecule has 0 spiro atoms. The first-order chi connectivity index (χ1) is 14.1. The van der Waals surface area contributed by atoms with Crippen LogP contribution in [0.25, 0.3) is 28.2 Å². The molecular weight excluding hydrogens is 372 g/mol. The number of nitrogens with two attached hydrogens (primary N) is 2. The van der Waals surface area contributed by atoms with E-state index < -0.39 is 0 Å². The zero-order valence-corrected chi connectivity index (χ0v) is 15.4. The first kappa shape index (κ1) is 17.3. The third-order valence-corrected chi connectivity index (χ3v) is 5.04. The summed E-state index contributed by atoms with van der Waals surface area (Å²) < 4.78 is 6.60. The average molecular weight is 390 g/mol. The van der Waals surface area contributed by atoms with Crippen molar-refractivity contribution in [2.24, 2.45) is 5.73 Å². The molecule has 4 N–H and O–H groups in total. The molecular formula is C19H18N8O2. The second kappa shape index (κ2) is 6.67. The van der Waals surface area contributed by atoms with Crippen LogP contribution in [-0.4, -0.2) is 54.8 Å². The number of carbonyl (C=O) groups excluding carboxylic acids is 1. The number of imidazole rings is 1. The van der Waals surface area contributed by atoms with Crippen molar-refractivity contribution in [3.05, 3.63) is 48.3 Å². The molecule has 4 aromatic rings. The third-order valence-electron chi connectivity index (χ3n) is 5.04. The van der Waals surface area contributed by atoms with E-state index in [-0.39, 0.29) is 17.8 Å². The van der Waals surface area contributed by atoms with Crippen LogP contribution in [0.5, 0.6) is 0 Å². The molecule has 146 valence electrons. The topological polar surface area (TPSA) is 142 Å². The second-order valence-corrected chi connectivity index (χ2v) is 6.96. The molecule has 1 aromatic carbocycles. The van der Waals surface area contributed by atoms with Crippen molar-refractivity contribution in [3.8, 4) is 17.2 Å². The van der Waals surface area contributed by atoms with Crippen LogP contribution in [0.2, 0.25) is 0 Å². The lowest BCUT2D eigenvalue weighted by Gasteiger charge is -2.17. The quantitative estimate of drug-likeness (QED) is 0.532. The van der Waals surface area contributed by atoms with E-state index in [1.54, 1.807) is 17.3 Å². The molecule has 1 saturated heterocycles. The Bertz CT molecular complexity index is 1200. The van der Waals surface area contributed by atoms with Crippen LogP contribution in [0.15, 0.2) is 47.4 Å². The van der Waals surface area contributed by atoms with Crippen LogP contribution < -0.4 is 11.5 Å². The number of aromatic nitrogens is 5. The number of anilines is 1. The SMILES string of the molecule is Nc1nonc1-c1nc2cncc(C(=O)N3CC[C@H](N)C3)c2n1-c1ccccc1. The summed E-state index contributed by atoms with van der Waals surface area (Å²) in [6, 6.07) is 9.52. The highest BCUT2D eigenvalue weighted by molar-refractivity contribution is 6.06. The van der Waals surface area contributed by atoms with Crippen molar-refractivity contribution in [2.75, 3.05) is 18.8 Å². The summed E-state index contributed by atoms with van der Waals surface area (Å²) in [6.07, 6.45) is 3.94. The van der Waals surface area contributed by atoms with Gasteiger partial charge in [-0.1, -0.05) is 18.2 Å². The van der Waals surface area contributed by atoms with Crippen molar-refractivity contribution in [1.29, 1.82) is 0 Å². The zero-order chi connectivity index (χ0) is 20.0. The first-order valence-corrected chi connectivity index (χ1v) is 9.18. The van der Waals surface area contributed by atoms with Gasteiger partial charge in [-0.05, 0) is 28.9 Å². The number of likely N-dealkylation sites (tertiary alicyclic amines) is 1. The number of nitrogens with zero attached hydrogens (tertiary/aromatic N) is 6. The van der Waals surface area contributed by atoms with E-state index in [0.717, 1.165) is 12.1 Å². The molecule has 0 saturated carbocycles. The van der Waals surface area contributed by atoms with Gasteiger partial charge in [-0.25, -0.2) is 9.61 Å². The summed E-state index contributed by atoms with van der Waals surface area (Å²) in [6.45, 7) is 1.13. The molecule has 3 aromatic heterocycles. The lowest BCUT2D eigenvalue weighted by molar-refractivity contribution is 0.0792. The summed E-state index contributed by atoms with van der Waals surface area (Å²) in [7, 11) is 0. The van der Waals surface area contributed by atoms with E-state index in [4.69, 9.17) is 16.1 Å². The number of pyridine rings is 1. The van der Waals surface area contributed by atoms with Gasteiger partial charge in [0.2, 0.25) is 0 Å². The van der Waals surface area contributed by atoms with Gasteiger partial charge >= 0.3 is 0 Å². The molecule has 4 heterocycles. The van der Waals surface area contributed by atoms with Gasteiger partial charge in [0, 0.05) is 31.0 Å². The van der Waals surface area contributed by atoms with Gasteiger partial charge in [-0.2, -0.15) is 0 Å². The predicted molar refractivity (Wildman–Crippen MR) is 105 cm³/mol. The number of carbonyl (C=O) groups is 1. The molecule has 1 aliphatic heterocycles. The fourth-order valence-electron chi connectivity index (χ4n) is 3.67. The van der Waals surface area contributed by atoms with Crippen LogP contribution in [0.3, 0.4) is 0 Å². The minimum atomic E-state index is -0.133. The maximum absolute atomic E-state index is 13.3. The maximum Gasteiger partial charge on any atom is 0.257 e. The molecule has 0 aliphatic carbocycles. The summed E-state index contributed by atoms with van der Waals surface area (Å²) >= 11 is 0. The summed E-state index contributed by atoms with van der Waals surface area (Å²) in [5, 5.41) is 7.56. The van der Waals surface area contributed by atoms with Crippen molar-refractivity contribution in [2.45, 2.75) is 12.5 Å². The fraction of sp³-hybridized carbons (Fsp3) is 0.211. The van der Waals surface area contributed by atoms with Gasteiger partial charge in [-0.3, -0.25) is 14.3 Å². The molecule has 1 aliphatic rings. The van der Waals surface area contributed by atoms with Crippen LogP contribution in [0.4, 0.5) is 5.82 Å². The van der Waals surface area contributed by atoms with Gasteiger partial charge < -0.3 is 16.4 Å². The number of amides is 1. The lowest BCUT2D eigenvalue weighted by Crippen LogP contribution is -2.32. The highest BCUT2D eigenvalue weighted by Crippen LogP contribution is 2.32. The number of fused-ring (bicyclic) bond motifs is 1. The Morgan fingerprint density at radius 1 is 1.17 bits per heavy atom. The van der Waals surface area contributed by atoms with Crippen LogP contribution in [0.1, 0.15) is 16.8 Å². The minimum Gasteiger partial charge on any atom is -0.379 e. The van der Waals surface area contributed by atoms with Gasteiger partial charge in [0.05, 0.1) is 17.3 Å². The van der Waals surface area contributed by atoms with Crippen LogP contribution >= 0.6 is 0 Å². The smallest absolute Gasteiger partial charge is 0.257 e. The second-order valence-electron chi connectivity index (χ2n) is 6.96. The summed E-state index contributed by atoms with van der Waals surface area (Å²) in [4.78, 5) is 23.9. The van der Waals surface area contributed by atoms with Gasteiger partial charge in [0.15, 0.2) is 17.3 Å². The summed E-state index contributed by atoms with van der Waals surface area (Å²) in [5.41, 5.74) is 14.6. The zero-order valence-electron chi connectivity index (χ0n) is 15.4. The van der Waals surface area contributed by atoms with Crippen molar-refractivity contribution in [3.63, 3.8) is 0 Å². The molecule has 10 nitrogen and oxygen atoms in total. The van der Waals surface area contributed by atoms with E-state index in [0.29, 0.717) is 41.2 Å². The van der Waals surface area contributed by atoms with Crippen LogP contribution in [0, 0.1) is 0 Å². The van der Waals surface area contributed by atoms with Gasteiger partial charge in [0.25, 0.3) is 5.91 Å². The van der Waals surface area contributed by atoms with Crippen LogP contribution in [-0.2, 0) is 0 Å².